The largest absolute Gasteiger partial charge is 0.399 e. The van der Waals surface area contributed by atoms with Gasteiger partial charge in [-0.05, 0) is 79.1 Å². The molecule has 0 atom stereocenters. The SMILES string of the molecule is CCCCCc1cc(S(C)(=O)=O)ccc1N.CS(=O)(=O)c1ccc(N)c(CCC2CC2)c1. The van der Waals surface area contributed by atoms with Crippen molar-refractivity contribution in [2.75, 3.05) is 24.0 Å². The van der Waals surface area contributed by atoms with E-state index in [9.17, 15) is 16.8 Å². The molecule has 0 amide bonds. The van der Waals surface area contributed by atoms with E-state index < -0.39 is 19.7 Å². The molecule has 0 spiro atoms. The van der Waals surface area contributed by atoms with E-state index in [0.29, 0.717) is 21.2 Å². The number of sulfone groups is 2. The first kappa shape index (κ1) is 26.2. The molecule has 0 radical (unpaired) electrons. The van der Waals surface area contributed by atoms with Gasteiger partial charge in [-0.2, -0.15) is 0 Å². The number of aryl methyl sites for hydroxylation is 2. The van der Waals surface area contributed by atoms with Gasteiger partial charge in [0.2, 0.25) is 0 Å². The Hall–Kier alpha value is -2.06. The van der Waals surface area contributed by atoms with E-state index in [2.05, 4.69) is 6.92 Å². The number of nitrogens with two attached hydrogens (primary N) is 2. The number of unbranched alkanes of at least 4 members (excludes halogenated alkanes) is 2. The summed E-state index contributed by atoms with van der Waals surface area (Å²) in [5, 5.41) is 0. The first-order valence-electron chi connectivity index (χ1n) is 11.1. The summed E-state index contributed by atoms with van der Waals surface area (Å²) in [7, 11) is -6.25. The van der Waals surface area contributed by atoms with Crippen molar-refractivity contribution in [3.8, 4) is 0 Å². The van der Waals surface area contributed by atoms with Crippen LogP contribution in [0.25, 0.3) is 0 Å². The van der Waals surface area contributed by atoms with Crippen molar-refractivity contribution >= 4 is 31.0 Å². The van der Waals surface area contributed by atoms with E-state index in [-0.39, 0.29) is 0 Å². The number of anilines is 2. The lowest BCUT2D eigenvalue weighted by molar-refractivity contribution is 0.600. The Labute approximate surface area is 193 Å². The van der Waals surface area contributed by atoms with Crippen molar-refractivity contribution < 1.29 is 16.8 Å². The predicted molar refractivity (Wildman–Crippen MR) is 132 cm³/mol. The summed E-state index contributed by atoms with van der Waals surface area (Å²) in [6.45, 7) is 2.14. The topological polar surface area (TPSA) is 120 Å². The molecule has 0 heterocycles. The zero-order valence-corrected chi connectivity index (χ0v) is 20.9. The van der Waals surface area contributed by atoms with Gasteiger partial charge in [0.1, 0.15) is 0 Å². The predicted octanol–water partition coefficient (Wildman–Crippen LogP) is 4.42. The third-order valence-electron chi connectivity index (χ3n) is 5.65. The lowest BCUT2D eigenvalue weighted by Crippen LogP contribution is -2.01. The third kappa shape index (κ3) is 8.47. The summed E-state index contributed by atoms with van der Waals surface area (Å²) in [5.41, 5.74) is 15.0. The Balaban J connectivity index is 0.000000227. The fourth-order valence-electron chi connectivity index (χ4n) is 3.39. The van der Waals surface area contributed by atoms with Crippen molar-refractivity contribution in [1.29, 1.82) is 0 Å². The lowest BCUT2D eigenvalue weighted by Gasteiger charge is -2.07. The minimum atomic E-state index is -3.13. The zero-order valence-electron chi connectivity index (χ0n) is 19.3. The first-order chi connectivity index (χ1) is 14.9. The Morgan fingerprint density at radius 2 is 1.25 bits per heavy atom. The molecule has 8 heteroatoms. The number of nitrogen functional groups attached to an aromatic ring is 2. The van der Waals surface area contributed by atoms with Gasteiger partial charge in [0.05, 0.1) is 9.79 Å². The average molecular weight is 481 g/mol. The molecule has 1 fully saturated rings. The van der Waals surface area contributed by atoms with Crippen molar-refractivity contribution in [3.63, 3.8) is 0 Å². The van der Waals surface area contributed by atoms with E-state index in [1.165, 1.54) is 25.4 Å². The second-order valence-corrected chi connectivity index (χ2v) is 12.7. The smallest absolute Gasteiger partial charge is 0.175 e. The van der Waals surface area contributed by atoms with Gasteiger partial charge in [0.25, 0.3) is 0 Å². The van der Waals surface area contributed by atoms with Gasteiger partial charge in [-0.25, -0.2) is 16.8 Å². The van der Waals surface area contributed by atoms with Gasteiger partial charge in [-0.15, -0.1) is 0 Å². The highest BCUT2D eigenvalue weighted by molar-refractivity contribution is 7.91. The van der Waals surface area contributed by atoms with Crippen LogP contribution in [-0.4, -0.2) is 29.3 Å². The zero-order chi connectivity index (χ0) is 23.9. The highest BCUT2D eigenvalue weighted by Gasteiger charge is 2.21. The summed E-state index contributed by atoms with van der Waals surface area (Å²) in [6.07, 6.45) is 11.3. The molecule has 0 aliphatic heterocycles. The second kappa shape index (κ2) is 11.2. The van der Waals surface area contributed by atoms with Gasteiger partial charge in [-0.3, -0.25) is 0 Å². The van der Waals surface area contributed by atoms with Gasteiger partial charge in [0, 0.05) is 23.9 Å². The minimum Gasteiger partial charge on any atom is -0.399 e. The maximum absolute atomic E-state index is 11.4. The van der Waals surface area contributed by atoms with Crippen LogP contribution in [0.5, 0.6) is 0 Å². The molecule has 1 aliphatic rings. The van der Waals surface area contributed by atoms with Gasteiger partial charge < -0.3 is 11.5 Å². The van der Waals surface area contributed by atoms with Crippen molar-refractivity contribution in [1.82, 2.24) is 0 Å². The van der Waals surface area contributed by atoms with Crippen molar-refractivity contribution in [2.45, 2.75) is 68.1 Å². The van der Waals surface area contributed by atoms with E-state index in [0.717, 1.165) is 55.6 Å². The average Bonchev–Trinajstić information content (AvgIpc) is 3.52. The molecule has 0 bridgehead atoms. The molecular formula is C24H36N2O4S2. The first-order valence-corrected chi connectivity index (χ1v) is 14.9. The summed E-state index contributed by atoms with van der Waals surface area (Å²) in [6, 6.07) is 9.92. The van der Waals surface area contributed by atoms with E-state index in [4.69, 9.17) is 11.5 Å². The fraction of sp³-hybridized carbons (Fsp3) is 0.500. The van der Waals surface area contributed by atoms with Crippen LogP contribution in [0.2, 0.25) is 0 Å². The fourth-order valence-corrected chi connectivity index (χ4v) is 4.73. The molecule has 3 rings (SSSR count). The van der Waals surface area contributed by atoms with Gasteiger partial charge >= 0.3 is 0 Å². The summed E-state index contributed by atoms with van der Waals surface area (Å²) < 4.78 is 45.6. The molecule has 178 valence electrons. The summed E-state index contributed by atoms with van der Waals surface area (Å²) >= 11 is 0. The van der Waals surface area contributed by atoms with Crippen LogP contribution in [0.15, 0.2) is 46.2 Å². The molecule has 1 aliphatic carbocycles. The van der Waals surface area contributed by atoms with E-state index in [1.807, 2.05) is 0 Å². The molecule has 1 saturated carbocycles. The van der Waals surface area contributed by atoms with Crippen LogP contribution in [-0.2, 0) is 32.5 Å². The quantitative estimate of drug-likeness (QED) is 0.405. The van der Waals surface area contributed by atoms with Crippen LogP contribution in [0.1, 0.15) is 56.6 Å². The number of hydrogen-bond donors (Lipinski definition) is 2. The Morgan fingerprint density at radius 1 is 0.781 bits per heavy atom. The molecule has 32 heavy (non-hydrogen) atoms. The highest BCUT2D eigenvalue weighted by Crippen LogP contribution is 2.34. The monoisotopic (exact) mass is 480 g/mol. The van der Waals surface area contributed by atoms with Gasteiger partial charge in [0.15, 0.2) is 19.7 Å². The van der Waals surface area contributed by atoms with Gasteiger partial charge in [-0.1, -0.05) is 32.6 Å². The molecule has 2 aromatic carbocycles. The Morgan fingerprint density at radius 3 is 1.66 bits per heavy atom. The van der Waals surface area contributed by atoms with Crippen LogP contribution < -0.4 is 11.5 Å². The molecule has 0 unspecified atom stereocenters. The Kier molecular flexibility index (Phi) is 9.16. The minimum absolute atomic E-state index is 0.355. The van der Waals surface area contributed by atoms with Crippen LogP contribution in [0.4, 0.5) is 11.4 Å². The Bertz CT molecular complexity index is 1120. The molecular weight excluding hydrogens is 444 g/mol. The molecule has 6 nitrogen and oxygen atoms in total. The van der Waals surface area contributed by atoms with Crippen LogP contribution in [0, 0.1) is 5.92 Å². The van der Waals surface area contributed by atoms with E-state index >= 15 is 0 Å². The maximum Gasteiger partial charge on any atom is 0.175 e. The van der Waals surface area contributed by atoms with Crippen molar-refractivity contribution in [3.05, 3.63) is 47.5 Å². The standard InChI is InChI=1S/C12H17NO2S.C12H19NO2S/c1-16(14,15)11-6-7-12(13)10(8-11)5-4-9-2-3-9;1-3-4-5-6-10-9-11(16(2,14)15)7-8-12(10)13/h6-9H,2-5,13H2,1H3;7-9H,3-6,13H2,1-2H3. The highest BCUT2D eigenvalue weighted by atomic mass is 32.2. The third-order valence-corrected chi connectivity index (χ3v) is 7.87. The van der Waals surface area contributed by atoms with Crippen LogP contribution in [0.3, 0.4) is 0 Å². The molecule has 0 saturated heterocycles. The van der Waals surface area contributed by atoms with E-state index in [1.54, 1.807) is 36.4 Å². The maximum atomic E-state index is 11.4. The summed E-state index contributed by atoms with van der Waals surface area (Å²) in [5.74, 6) is 0.835. The molecule has 2 aromatic rings. The number of benzene rings is 2. The van der Waals surface area contributed by atoms with Crippen LogP contribution >= 0.6 is 0 Å². The number of rotatable bonds is 9. The normalized spacial score (nSPS) is 14.0. The lowest BCUT2D eigenvalue weighted by atomic mass is 10.1. The molecule has 4 N–H and O–H groups in total. The summed E-state index contributed by atoms with van der Waals surface area (Å²) in [4.78, 5) is 0.723. The number of hydrogen-bond acceptors (Lipinski definition) is 6. The molecule has 0 aromatic heterocycles. The second-order valence-electron chi connectivity index (χ2n) is 8.70. The van der Waals surface area contributed by atoms with Crippen molar-refractivity contribution in [2.24, 2.45) is 5.92 Å².